The number of nitrogens with one attached hydrogen (secondary N) is 1. The first-order chi connectivity index (χ1) is 19.6. The molecule has 9 nitrogen and oxygen atoms in total. The quantitative estimate of drug-likeness (QED) is 0.420. The molecule has 1 aromatic heterocycles. The fourth-order valence-electron chi connectivity index (χ4n) is 7.34. The van der Waals surface area contributed by atoms with Crippen molar-refractivity contribution in [1.29, 1.82) is 0 Å². The van der Waals surface area contributed by atoms with Crippen LogP contribution >= 0.6 is 0 Å². The van der Waals surface area contributed by atoms with Crippen molar-refractivity contribution in [3.05, 3.63) is 48.3 Å². The zero-order valence-electron chi connectivity index (χ0n) is 24.0. The van der Waals surface area contributed by atoms with E-state index in [0.29, 0.717) is 40.6 Å². The number of benzene rings is 2. The first-order valence-corrected chi connectivity index (χ1v) is 14.8. The van der Waals surface area contributed by atoms with E-state index in [1.807, 2.05) is 35.1 Å². The molecular formula is C32H37N5O4. The second-order valence-electron chi connectivity index (χ2n) is 13.3. The Morgan fingerprint density at radius 2 is 1.90 bits per heavy atom. The van der Waals surface area contributed by atoms with Crippen molar-refractivity contribution in [2.24, 2.45) is 5.41 Å². The highest BCUT2D eigenvalue weighted by Gasteiger charge is 2.42. The molecule has 3 aromatic rings. The summed E-state index contributed by atoms with van der Waals surface area (Å²) in [6.07, 6.45) is 10.4. The number of likely N-dealkylation sites (tertiary alicyclic amines) is 1. The van der Waals surface area contributed by atoms with Gasteiger partial charge in [-0.3, -0.25) is 34.2 Å². The Labute approximate surface area is 239 Å². The van der Waals surface area contributed by atoms with Crippen LogP contribution in [0.5, 0.6) is 11.5 Å². The molecule has 0 spiro atoms. The summed E-state index contributed by atoms with van der Waals surface area (Å²) in [6.45, 7) is 9.38. The number of piperidine rings is 2. The van der Waals surface area contributed by atoms with Crippen molar-refractivity contribution < 1.29 is 19.1 Å². The molecule has 2 unspecified atom stereocenters. The average Bonchev–Trinajstić information content (AvgIpc) is 3.49. The van der Waals surface area contributed by atoms with Gasteiger partial charge in [0.15, 0.2) is 5.75 Å². The number of imide groups is 1. The van der Waals surface area contributed by atoms with Crippen LogP contribution in [0.15, 0.2) is 42.7 Å². The van der Waals surface area contributed by atoms with Crippen LogP contribution in [0.2, 0.25) is 0 Å². The minimum Gasteiger partial charge on any atom is -0.453 e. The molecule has 214 valence electrons. The summed E-state index contributed by atoms with van der Waals surface area (Å²) in [5, 5.41) is 8.63. The molecule has 1 saturated carbocycles. The van der Waals surface area contributed by atoms with Crippen molar-refractivity contribution in [2.75, 3.05) is 18.0 Å². The largest absolute Gasteiger partial charge is 0.453 e. The van der Waals surface area contributed by atoms with Gasteiger partial charge in [-0.15, -0.1) is 0 Å². The summed E-state index contributed by atoms with van der Waals surface area (Å²) in [7, 11) is 0. The molecule has 4 aliphatic rings. The third-order valence-corrected chi connectivity index (χ3v) is 9.85. The molecule has 0 radical (unpaired) electrons. The maximum absolute atomic E-state index is 13.4. The third-order valence-electron chi connectivity index (χ3n) is 9.85. The normalized spacial score (nSPS) is 25.3. The minimum absolute atomic E-state index is 0.104. The molecule has 3 aliphatic heterocycles. The maximum Gasteiger partial charge on any atom is 0.259 e. The average molecular weight is 556 g/mol. The van der Waals surface area contributed by atoms with Gasteiger partial charge < -0.3 is 4.74 Å². The van der Waals surface area contributed by atoms with E-state index in [2.05, 4.69) is 31.0 Å². The Hall–Kier alpha value is -3.72. The number of ether oxygens (including phenoxy) is 1. The van der Waals surface area contributed by atoms with Gasteiger partial charge in [0.25, 0.3) is 5.91 Å². The van der Waals surface area contributed by atoms with E-state index in [0.717, 1.165) is 30.2 Å². The molecule has 0 bridgehead atoms. The molecule has 7 rings (SSSR count). The highest BCUT2D eigenvalue weighted by molar-refractivity contribution is 6.27. The van der Waals surface area contributed by atoms with Gasteiger partial charge in [-0.25, -0.2) is 0 Å². The predicted octanol–water partition coefficient (Wildman–Crippen LogP) is 5.20. The topological polar surface area (TPSA) is 96.8 Å². The highest BCUT2D eigenvalue weighted by Crippen LogP contribution is 2.46. The second kappa shape index (κ2) is 9.41. The molecule has 1 aliphatic carbocycles. The summed E-state index contributed by atoms with van der Waals surface area (Å²) in [6, 6.07) is 8.82. The molecule has 2 saturated heterocycles. The second-order valence-corrected chi connectivity index (χ2v) is 13.3. The molecule has 2 atom stereocenters. The van der Waals surface area contributed by atoms with Crippen molar-refractivity contribution in [1.82, 2.24) is 20.0 Å². The molecular weight excluding hydrogens is 518 g/mol. The van der Waals surface area contributed by atoms with E-state index in [1.165, 1.54) is 30.7 Å². The summed E-state index contributed by atoms with van der Waals surface area (Å²) in [5.41, 5.74) is 1.78. The summed E-state index contributed by atoms with van der Waals surface area (Å²) in [5.74, 6) is 0.313. The fourth-order valence-corrected chi connectivity index (χ4v) is 7.34. The smallest absolute Gasteiger partial charge is 0.259 e. The minimum atomic E-state index is -0.715. The zero-order chi connectivity index (χ0) is 28.5. The maximum atomic E-state index is 13.4. The Balaban J connectivity index is 1.11. The number of amides is 3. The van der Waals surface area contributed by atoms with E-state index >= 15 is 0 Å². The van der Waals surface area contributed by atoms with E-state index in [1.54, 1.807) is 12.3 Å². The van der Waals surface area contributed by atoms with E-state index in [9.17, 15) is 14.4 Å². The number of carbonyl (C=O) groups is 3. The van der Waals surface area contributed by atoms with Gasteiger partial charge in [-0.1, -0.05) is 25.5 Å². The molecule has 4 heterocycles. The third kappa shape index (κ3) is 4.41. The van der Waals surface area contributed by atoms with E-state index in [4.69, 9.17) is 9.84 Å². The summed E-state index contributed by atoms with van der Waals surface area (Å²) >= 11 is 0. The standard InChI is InChI=1S/C32H37N5O4/c1-31(2)16-20(12-15-35(31)19-32(3)13-5-14-32)36-18-21(17-33-36)41-26-10-8-24-28-22(26)6-4-7-23(28)30(40)37(24)25-9-11-27(38)34-29(25)39/h4,6-8,10,17-18,20,25H,5,9,11-16,19H2,1-3H3,(H,34,38,39). The lowest BCUT2D eigenvalue weighted by molar-refractivity contribution is -0.134. The Bertz CT molecular complexity index is 1570. The number of nitrogens with zero attached hydrogens (tertiary/aromatic N) is 4. The van der Waals surface area contributed by atoms with Crippen LogP contribution in [0.4, 0.5) is 5.69 Å². The highest BCUT2D eigenvalue weighted by atomic mass is 16.5. The Kier molecular flexibility index (Phi) is 6.01. The summed E-state index contributed by atoms with van der Waals surface area (Å²) < 4.78 is 8.42. The van der Waals surface area contributed by atoms with E-state index < -0.39 is 11.9 Å². The van der Waals surface area contributed by atoms with Crippen molar-refractivity contribution in [3.63, 3.8) is 0 Å². The van der Waals surface area contributed by atoms with Gasteiger partial charge in [-0.05, 0) is 69.6 Å². The monoisotopic (exact) mass is 555 g/mol. The van der Waals surface area contributed by atoms with Crippen molar-refractivity contribution >= 4 is 34.2 Å². The number of aromatic nitrogens is 2. The lowest BCUT2D eigenvalue weighted by Crippen LogP contribution is -2.54. The van der Waals surface area contributed by atoms with Gasteiger partial charge >= 0.3 is 0 Å². The number of anilines is 1. The van der Waals surface area contributed by atoms with Crippen LogP contribution in [0.25, 0.3) is 10.8 Å². The van der Waals surface area contributed by atoms with Crippen molar-refractivity contribution in [2.45, 2.75) is 83.3 Å². The fraction of sp³-hybridized carbons (Fsp3) is 0.500. The van der Waals surface area contributed by atoms with Gasteiger partial charge in [0, 0.05) is 41.4 Å². The first-order valence-electron chi connectivity index (χ1n) is 14.8. The van der Waals surface area contributed by atoms with Crippen LogP contribution in [-0.4, -0.2) is 57.1 Å². The zero-order valence-corrected chi connectivity index (χ0v) is 24.0. The van der Waals surface area contributed by atoms with Crippen molar-refractivity contribution in [3.8, 4) is 11.5 Å². The van der Waals surface area contributed by atoms with Gasteiger partial charge in [-0.2, -0.15) is 5.10 Å². The van der Waals surface area contributed by atoms with Crippen LogP contribution in [0, 0.1) is 5.41 Å². The van der Waals surface area contributed by atoms with Gasteiger partial charge in [0.1, 0.15) is 11.8 Å². The first kappa shape index (κ1) is 26.2. The van der Waals surface area contributed by atoms with Gasteiger partial charge in [0.2, 0.25) is 11.8 Å². The van der Waals surface area contributed by atoms with Crippen LogP contribution in [-0.2, 0) is 9.59 Å². The number of hydrogen-bond donors (Lipinski definition) is 1. The lowest BCUT2D eigenvalue weighted by Gasteiger charge is -2.51. The van der Waals surface area contributed by atoms with Gasteiger partial charge in [0.05, 0.1) is 24.1 Å². The van der Waals surface area contributed by atoms with Crippen LogP contribution < -0.4 is 15.0 Å². The molecule has 1 N–H and O–H groups in total. The Morgan fingerprint density at radius 1 is 1.07 bits per heavy atom. The molecule has 3 amide bonds. The lowest BCUT2D eigenvalue weighted by atomic mass is 9.69. The van der Waals surface area contributed by atoms with Crippen LogP contribution in [0.3, 0.4) is 0 Å². The predicted molar refractivity (Wildman–Crippen MR) is 155 cm³/mol. The van der Waals surface area contributed by atoms with E-state index in [-0.39, 0.29) is 23.8 Å². The number of rotatable bonds is 6. The molecule has 2 aromatic carbocycles. The summed E-state index contributed by atoms with van der Waals surface area (Å²) in [4.78, 5) is 41.9. The molecule has 3 fully saturated rings. The number of hydrogen-bond acceptors (Lipinski definition) is 6. The SMILES string of the molecule is CC1(CN2CCC(n3cc(Oc4ccc5c6c(cccc46)C(=O)N5C4CCC(=O)NC4=O)cn3)CC2(C)C)CCC1. The Morgan fingerprint density at radius 3 is 2.63 bits per heavy atom. The van der Waals surface area contributed by atoms with Crippen LogP contribution in [0.1, 0.15) is 82.1 Å². The molecule has 9 heteroatoms. The number of carbonyl (C=O) groups excluding carboxylic acids is 3. The molecule has 41 heavy (non-hydrogen) atoms.